The van der Waals surface area contributed by atoms with Crippen molar-refractivity contribution in [3.05, 3.63) is 206 Å². The Morgan fingerprint density at radius 1 is 0.362 bits per heavy atom. The summed E-state index contributed by atoms with van der Waals surface area (Å²) in [5.41, 5.74) is 9.66. The van der Waals surface area contributed by atoms with Gasteiger partial charge in [-0.05, 0) is 69.6 Å². The molecule has 11 rings (SSSR count). The van der Waals surface area contributed by atoms with E-state index in [1.165, 1.54) is 21.5 Å². The summed E-state index contributed by atoms with van der Waals surface area (Å²) in [5, 5.41) is 6.88. The number of fused-ring (bicyclic) bond motifs is 5. The monoisotopic (exact) mass is 742 g/mol. The first-order valence-electron chi connectivity index (χ1n) is 19.4. The lowest BCUT2D eigenvalue weighted by atomic mass is 9.98. The van der Waals surface area contributed by atoms with Crippen LogP contribution in [0.25, 0.3) is 88.8 Å². The smallest absolute Gasteiger partial charge is 0.164 e. The Bertz CT molecular complexity index is 3150. The fourth-order valence-corrected chi connectivity index (χ4v) is 8.02. The number of furan rings is 1. The number of nitrogens with zero attached hydrogens (tertiary/aromatic N) is 4. The minimum atomic E-state index is 0.616. The van der Waals surface area contributed by atoms with Crippen LogP contribution in [0.5, 0.6) is 0 Å². The zero-order valence-electron chi connectivity index (χ0n) is 31.3. The highest BCUT2D eigenvalue weighted by Crippen LogP contribution is 2.47. The molecular weight excluding hydrogens is 709 g/mol. The Hall–Kier alpha value is -7.89. The van der Waals surface area contributed by atoms with Gasteiger partial charge in [-0.2, -0.15) is 0 Å². The summed E-state index contributed by atoms with van der Waals surface area (Å²) in [4.78, 5) is 17.2. The van der Waals surface area contributed by atoms with Gasteiger partial charge in [-0.3, -0.25) is 0 Å². The second-order valence-electron chi connectivity index (χ2n) is 14.4. The van der Waals surface area contributed by atoms with Crippen LogP contribution in [0.4, 0.5) is 17.1 Å². The minimum Gasteiger partial charge on any atom is -0.455 e. The predicted molar refractivity (Wildman–Crippen MR) is 239 cm³/mol. The van der Waals surface area contributed by atoms with Crippen LogP contribution in [0.3, 0.4) is 0 Å². The van der Waals surface area contributed by atoms with Crippen molar-refractivity contribution in [3.8, 4) is 45.3 Å². The molecule has 272 valence electrons. The molecule has 0 radical (unpaired) electrons. The number of rotatable bonds is 7. The van der Waals surface area contributed by atoms with E-state index in [0.717, 1.165) is 66.8 Å². The van der Waals surface area contributed by atoms with Gasteiger partial charge in [0.1, 0.15) is 11.2 Å². The van der Waals surface area contributed by atoms with Gasteiger partial charge in [-0.15, -0.1) is 0 Å². The molecule has 5 heteroatoms. The third-order valence-electron chi connectivity index (χ3n) is 10.9. The van der Waals surface area contributed by atoms with E-state index < -0.39 is 0 Å². The zero-order chi connectivity index (χ0) is 38.4. The van der Waals surface area contributed by atoms with E-state index in [9.17, 15) is 0 Å². The van der Waals surface area contributed by atoms with Crippen LogP contribution < -0.4 is 4.90 Å². The molecule has 0 aliphatic carbocycles. The lowest BCUT2D eigenvalue weighted by Gasteiger charge is -2.27. The Labute approximate surface area is 335 Å². The maximum atomic E-state index is 6.83. The van der Waals surface area contributed by atoms with E-state index in [1.807, 2.05) is 66.7 Å². The second-order valence-corrected chi connectivity index (χ2v) is 14.4. The summed E-state index contributed by atoms with van der Waals surface area (Å²) in [5.74, 6) is 1.89. The average molecular weight is 743 g/mol. The normalized spacial score (nSPS) is 11.4. The molecule has 0 spiro atoms. The third kappa shape index (κ3) is 5.94. The Morgan fingerprint density at radius 2 is 0.828 bits per heavy atom. The molecule has 9 aromatic carbocycles. The van der Waals surface area contributed by atoms with Gasteiger partial charge < -0.3 is 9.32 Å². The van der Waals surface area contributed by atoms with Gasteiger partial charge in [0.2, 0.25) is 0 Å². The van der Waals surface area contributed by atoms with Crippen molar-refractivity contribution in [2.45, 2.75) is 0 Å². The van der Waals surface area contributed by atoms with Gasteiger partial charge in [0.05, 0.1) is 11.1 Å². The zero-order valence-corrected chi connectivity index (χ0v) is 31.3. The molecule has 0 saturated carbocycles. The van der Waals surface area contributed by atoms with Crippen molar-refractivity contribution in [2.75, 3.05) is 4.90 Å². The summed E-state index contributed by atoms with van der Waals surface area (Å²) < 4.78 is 6.83. The first kappa shape index (κ1) is 33.4. The molecule has 0 amide bonds. The number of anilines is 3. The number of aromatic nitrogens is 3. The van der Waals surface area contributed by atoms with Gasteiger partial charge in [-0.1, -0.05) is 164 Å². The molecule has 5 nitrogen and oxygen atoms in total. The van der Waals surface area contributed by atoms with Crippen molar-refractivity contribution in [1.29, 1.82) is 0 Å². The van der Waals surface area contributed by atoms with Crippen LogP contribution in [0.2, 0.25) is 0 Å². The van der Waals surface area contributed by atoms with Crippen LogP contribution >= 0.6 is 0 Å². The lowest BCUT2D eigenvalue weighted by molar-refractivity contribution is 0.670. The van der Waals surface area contributed by atoms with Crippen molar-refractivity contribution >= 4 is 60.5 Å². The molecule has 2 heterocycles. The SMILES string of the molecule is c1ccc(-c2nc(-c3ccccc3)nc(-c3ccc(-c4ccc(N(c5ccc6ccccc6c5)c5ccc6ccccc6c5)c5c4oc4ccccc45)cc3)n2)cc1. The number of hydrogen-bond donors (Lipinski definition) is 0. The van der Waals surface area contributed by atoms with E-state index in [1.54, 1.807) is 0 Å². The molecule has 0 atom stereocenters. The van der Waals surface area contributed by atoms with E-state index in [2.05, 4.69) is 144 Å². The summed E-state index contributed by atoms with van der Waals surface area (Å²) in [6.07, 6.45) is 0. The largest absolute Gasteiger partial charge is 0.455 e. The summed E-state index contributed by atoms with van der Waals surface area (Å²) >= 11 is 0. The molecular formula is C53H34N4O. The van der Waals surface area contributed by atoms with Crippen LogP contribution in [-0.4, -0.2) is 15.0 Å². The predicted octanol–water partition coefficient (Wildman–Crippen LogP) is 14.2. The molecule has 2 aromatic heterocycles. The van der Waals surface area contributed by atoms with Crippen LogP contribution in [-0.2, 0) is 0 Å². The summed E-state index contributed by atoms with van der Waals surface area (Å²) in [7, 11) is 0. The van der Waals surface area contributed by atoms with Crippen molar-refractivity contribution in [3.63, 3.8) is 0 Å². The Morgan fingerprint density at radius 3 is 1.40 bits per heavy atom. The first-order chi connectivity index (χ1) is 28.7. The molecule has 0 fully saturated rings. The standard InChI is InChI=1S/C53H34N4O/c1-3-15-38(16-4-1)51-54-52(39-17-5-2-6-18-39)56-53(55-51)40-25-23-37(24-26-40)45-31-32-47(49-46-21-11-12-22-48(46)58-50(45)49)57(43-29-27-35-13-7-9-19-41(35)33-43)44-30-28-36-14-8-10-20-42(36)34-44/h1-34H. The summed E-state index contributed by atoms with van der Waals surface area (Å²) in [6, 6.07) is 71.8. The third-order valence-corrected chi connectivity index (χ3v) is 10.9. The van der Waals surface area contributed by atoms with Crippen molar-refractivity contribution in [1.82, 2.24) is 15.0 Å². The van der Waals surface area contributed by atoms with Crippen LogP contribution in [0, 0.1) is 0 Å². The number of para-hydroxylation sites is 1. The lowest BCUT2D eigenvalue weighted by Crippen LogP contribution is -2.10. The highest BCUT2D eigenvalue weighted by molar-refractivity contribution is 6.17. The summed E-state index contributed by atoms with van der Waals surface area (Å²) in [6.45, 7) is 0. The molecule has 58 heavy (non-hydrogen) atoms. The molecule has 0 bridgehead atoms. The molecule has 11 aromatic rings. The molecule has 0 aliphatic heterocycles. The molecule has 0 unspecified atom stereocenters. The fraction of sp³-hybridized carbons (Fsp3) is 0. The van der Waals surface area contributed by atoms with Crippen molar-refractivity contribution < 1.29 is 4.42 Å². The van der Waals surface area contributed by atoms with Crippen molar-refractivity contribution in [2.24, 2.45) is 0 Å². The maximum absolute atomic E-state index is 6.83. The van der Waals surface area contributed by atoms with E-state index in [0.29, 0.717) is 17.5 Å². The second kappa shape index (κ2) is 14.0. The topological polar surface area (TPSA) is 55.1 Å². The van der Waals surface area contributed by atoms with Gasteiger partial charge >= 0.3 is 0 Å². The fourth-order valence-electron chi connectivity index (χ4n) is 8.02. The molecule has 0 saturated heterocycles. The Balaban J connectivity index is 1.07. The Kier molecular flexibility index (Phi) is 8.07. The van der Waals surface area contributed by atoms with Gasteiger partial charge in [0.15, 0.2) is 17.5 Å². The van der Waals surface area contributed by atoms with Gasteiger partial charge in [0, 0.05) is 39.0 Å². The highest BCUT2D eigenvalue weighted by Gasteiger charge is 2.23. The average Bonchev–Trinajstić information content (AvgIpc) is 3.70. The van der Waals surface area contributed by atoms with E-state index in [-0.39, 0.29) is 0 Å². The maximum Gasteiger partial charge on any atom is 0.164 e. The van der Waals surface area contributed by atoms with Crippen LogP contribution in [0.1, 0.15) is 0 Å². The highest BCUT2D eigenvalue weighted by atomic mass is 16.3. The minimum absolute atomic E-state index is 0.616. The number of benzene rings is 9. The van der Waals surface area contributed by atoms with Gasteiger partial charge in [0.25, 0.3) is 0 Å². The van der Waals surface area contributed by atoms with E-state index >= 15 is 0 Å². The van der Waals surface area contributed by atoms with E-state index in [4.69, 9.17) is 19.4 Å². The quantitative estimate of drug-likeness (QED) is 0.163. The van der Waals surface area contributed by atoms with Crippen LogP contribution in [0.15, 0.2) is 211 Å². The number of hydrogen-bond acceptors (Lipinski definition) is 5. The molecule has 0 aliphatic rings. The van der Waals surface area contributed by atoms with Gasteiger partial charge in [-0.25, -0.2) is 15.0 Å². The first-order valence-corrected chi connectivity index (χ1v) is 19.4. The molecule has 0 N–H and O–H groups in total.